The number of carbonyl (C=O) groups excluding carboxylic acids is 2. The fraction of sp³-hybridized carbons (Fsp3) is 0.167. The summed E-state index contributed by atoms with van der Waals surface area (Å²) in [5.41, 5.74) is 1.24. The summed E-state index contributed by atoms with van der Waals surface area (Å²) in [6.45, 7) is 1.64. The maximum Gasteiger partial charge on any atom is 0.316 e. The summed E-state index contributed by atoms with van der Waals surface area (Å²) >= 11 is 0. The Labute approximate surface area is 154 Å². The number of aromatic nitrogens is 3. The van der Waals surface area contributed by atoms with Crippen molar-refractivity contribution >= 4 is 17.5 Å². The summed E-state index contributed by atoms with van der Waals surface area (Å²) in [6.07, 6.45) is 1.64. The van der Waals surface area contributed by atoms with Crippen molar-refractivity contribution in [2.24, 2.45) is 0 Å². The van der Waals surface area contributed by atoms with Crippen LogP contribution in [0.4, 0.5) is 5.69 Å². The van der Waals surface area contributed by atoms with Gasteiger partial charge in [0.1, 0.15) is 5.75 Å². The van der Waals surface area contributed by atoms with Gasteiger partial charge in [-0.15, -0.1) is 0 Å². The molecule has 0 aliphatic carbocycles. The molecule has 9 heteroatoms. The molecule has 0 saturated carbocycles. The van der Waals surface area contributed by atoms with Gasteiger partial charge in [0.15, 0.2) is 6.61 Å². The molecule has 0 saturated heterocycles. The van der Waals surface area contributed by atoms with Gasteiger partial charge in [0, 0.05) is 13.1 Å². The maximum atomic E-state index is 12.1. The summed E-state index contributed by atoms with van der Waals surface area (Å²) in [5.74, 6) is -0.218. The van der Waals surface area contributed by atoms with Crippen LogP contribution in [0.3, 0.4) is 0 Å². The van der Waals surface area contributed by atoms with E-state index >= 15 is 0 Å². The molecule has 0 unspecified atom stereocenters. The SMILES string of the molecule is CC(=O)Nc1ccccc1OCc1noc(C(=O)NCc2ccccn2)n1. The number of rotatable bonds is 7. The highest BCUT2D eigenvalue weighted by Crippen LogP contribution is 2.24. The average molecular weight is 367 g/mol. The number of nitrogens with zero attached hydrogens (tertiary/aromatic N) is 3. The van der Waals surface area contributed by atoms with E-state index in [2.05, 4.69) is 25.8 Å². The minimum atomic E-state index is -0.502. The van der Waals surface area contributed by atoms with E-state index in [0.29, 0.717) is 17.1 Å². The number of nitrogens with one attached hydrogen (secondary N) is 2. The van der Waals surface area contributed by atoms with E-state index < -0.39 is 5.91 Å². The molecule has 0 radical (unpaired) electrons. The van der Waals surface area contributed by atoms with Crippen LogP contribution in [0.5, 0.6) is 5.75 Å². The maximum absolute atomic E-state index is 12.1. The Morgan fingerprint density at radius 1 is 1.15 bits per heavy atom. The van der Waals surface area contributed by atoms with Crippen LogP contribution in [0.2, 0.25) is 0 Å². The Morgan fingerprint density at radius 3 is 2.74 bits per heavy atom. The second-order valence-electron chi connectivity index (χ2n) is 5.49. The Hall–Kier alpha value is -3.75. The van der Waals surface area contributed by atoms with Gasteiger partial charge in [-0.1, -0.05) is 23.4 Å². The number of hydrogen-bond acceptors (Lipinski definition) is 7. The van der Waals surface area contributed by atoms with Gasteiger partial charge in [-0.25, -0.2) is 0 Å². The fourth-order valence-electron chi connectivity index (χ4n) is 2.18. The number of para-hydroxylation sites is 2. The molecule has 2 N–H and O–H groups in total. The van der Waals surface area contributed by atoms with Gasteiger partial charge in [0.2, 0.25) is 11.7 Å². The minimum Gasteiger partial charge on any atom is -0.483 e. The normalized spacial score (nSPS) is 10.3. The van der Waals surface area contributed by atoms with Crippen molar-refractivity contribution in [1.29, 1.82) is 0 Å². The highest BCUT2D eigenvalue weighted by atomic mass is 16.5. The summed E-state index contributed by atoms with van der Waals surface area (Å²) in [6, 6.07) is 12.4. The molecule has 2 heterocycles. The smallest absolute Gasteiger partial charge is 0.316 e. The molecule has 2 amide bonds. The zero-order valence-electron chi connectivity index (χ0n) is 14.5. The van der Waals surface area contributed by atoms with Crippen LogP contribution in [-0.2, 0) is 17.9 Å². The van der Waals surface area contributed by atoms with E-state index in [1.165, 1.54) is 6.92 Å². The molecule has 0 aliphatic rings. The zero-order valence-corrected chi connectivity index (χ0v) is 14.5. The first-order valence-electron chi connectivity index (χ1n) is 8.12. The lowest BCUT2D eigenvalue weighted by Gasteiger charge is -2.09. The van der Waals surface area contributed by atoms with Crippen molar-refractivity contribution in [3.8, 4) is 5.75 Å². The topological polar surface area (TPSA) is 119 Å². The summed E-state index contributed by atoms with van der Waals surface area (Å²) in [7, 11) is 0. The van der Waals surface area contributed by atoms with E-state index in [-0.39, 0.29) is 30.8 Å². The number of benzene rings is 1. The molecule has 2 aromatic heterocycles. The van der Waals surface area contributed by atoms with Crippen LogP contribution in [0, 0.1) is 0 Å². The molecule has 0 bridgehead atoms. The number of hydrogen-bond donors (Lipinski definition) is 2. The van der Waals surface area contributed by atoms with Gasteiger partial charge < -0.3 is 19.9 Å². The molecule has 3 aromatic rings. The van der Waals surface area contributed by atoms with Crippen molar-refractivity contribution in [3.05, 3.63) is 66.1 Å². The summed E-state index contributed by atoms with van der Waals surface area (Å²) in [5, 5.41) is 9.04. The number of amides is 2. The third kappa shape index (κ3) is 5.11. The van der Waals surface area contributed by atoms with E-state index in [1.807, 2.05) is 6.07 Å². The van der Waals surface area contributed by atoms with Crippen LogP contribution >= 0.6 is 0 Å². The highest BCUT2D eigenvalue weighted by molar-refractivity contribution is 5.90. The lowest BCUT2D eigenvalue weighted by molar-refractivity contribution is -0.114. The second-order valence-corrected chi connectivity index (χ2v) is 5.49. The molecule has 27 heavy (non-hydrogen) atoms. The van der Waals surface area contributed by atoms with E-state index in [0.717, 1.165) is 0 Å². The van der Waals surface area contributed by atoms with Crippen molar-refractivity contribution in [1.82, 2.24) is 20.4 Å². The van der Waals surface area contributed by atoms with Crippen LogP contribution < -0.4 is 15.4 Å². The molecule has 3 rings (SSSR count). The van der Waals surface area contributed by atoms with E-state index in [9.17, 15) is 9.59 Å². The van der Waals surface area contributed by atoms with Gasteiger partial charge in [-0.3, -0.25) is 14.6 Å². The molecule has 1 aromatic carbocycles. The van der Waals surface area contributed by atoms with Gasteiger partial charge >= 0.3 is 11.8 Å². The Kier molecular flexibility index (Phi) is 5.73. The van der Waals surface area contributed by atoms with E-state index in [4.69, 9.17) is 9.26 Å². The fourth-order valence-corrected chi connectivity index (χ4v) is 2.18. The quantitative estimate of drug-likeness (QED) is 0.655. The zero-order chi connectivity index (χ0) is 19.1. The van der Waals surface area contributed by atoms with Gasteiger partial charge in [0.05, 0.1) is 17.9 Å². The number of ether oxygens (including phenoxy) is 1. The molecule has 0 atom stereocenters. The Bertz CT molecular complexity index is 926. The van der Waals surface area contributed by atoms with E-state index in [1.54, 1.807) is 42.6 Å². The first-order chi connectivity index (χ1) is 13.1. The predicted molar refractivity (Wildman–Crippen MR) is 94.8 cm³/mol. The summed E-state index contributed by atoms with van der Waals surface area (Å²) in [4.78, 5) is 31.4. The monoisotopic (exact) mass is 367 g/mol. The van der Waals surface area contributed by atoms with Crippen molar-refractivity contribution < 1.29 is 18.8 Å². The van der Waals surface area contributed by atoms with Crippen LogP contribution in [-0.4, -0.2) is 26.9 Å². The molecular weight excluding hydrogens is 350 g/mol. The number of carbonyl (C=O) groups is 2. The van der Waals surface area contributed by atoms with Crippen LogP contribution in [0.1, 0.15) is 29.1 Å². The first-order valence-corrected chi connectivity index (χ1v) is 8.12. The molecular formula is C18H17N5O4. The van der Waals surface area contributed by atoms with Gasteiger partial charge in [0.25, 0.3) is 0 Å². The largest absolute Gasteiger partial charge is 0.483 e. The second kappa shape index (κ2) is 8.56. The third-order valence-electron chi connectivity index (χ3n) is 3.37. The van der Waals surface area contributed by atoms with Crippen molar-refractivity contribution in [2.75, 3.05) is 5.32 Å². The van der Waals surface area contributed by atoms with Crippen LogP contribution in [0.15, 0.2) is 53.2 Å². The highest BCUT2D eigenvalue weighted by Gasteiger charge is 2.16. The average Bonchev–Trinajstić information content (AvgIpc) is 3.15. The van der Waals surface area contributed by atoms with Gasteiger partial charge in [-0.2, -0.15) is 4.98 Å². The predicted octanol–water partition coefficient (Wildman–Crippen LogP) is 1.93. The first kappa shape index (κ1) is 18.1. The lowest BCUT2D eigenvalue weighted by Crippen LogP contribution is -2.23. The third-order valence-corrected chi connectivity index (χ3v) is 3.37. The number of anilines is 1. The van der Waals surface area contributed by atoms with Crippen molar-refractivity contribution in [3.63, 3.8) is 0 Å². The standard InChI is InChI=1S/C18H17N5O4/c1-12(24)21-14-7-2-3-8-15(14)26-11-16-22-18(27-23-16)17(25)20-10-13-6-4-5-9-19-13/h2-9H,10-11H2,1H3,(H,20,25)(H,21,24). The molecule has 0 fully saturated rings. The molecule has 0 aliphatic heterocycles. The number of pyridine rings is 1. The Morgan fingerprint density at radius 2 is 1.96 bits per heavy atom. The minimum absolute atomic E-state index is 0.0202. The molecule has 138 valence electrons. The van der Waals surface area contributed by atoms with Gasteiger partial charge in [-0.05, 0) is 24.3 Å². The van der Waals surface area contributed by atoms with Crippen molar-refractivity contribution in [2.45, 2.75) is 20.1 Å². The molecule has 0 spiro atoms. The lowest BCUT2D eigenvalue weighted by atomic mass is 10.3. The summed E-state index contributed by atoms with van der Waals surface area (Å²) < 4.78 is 10.6. The molecule has 9 nitrogen and oxygen atoms in total. The van der Waals surface area contributed by atoms with Crippen LogP contribution in [0.25, 0.3) is 0 Å². The Balaban J connectivity index is 1.57.